The van der Waals surface area contributed by atoms with Crippen LogP contribution in [0.15, 0.2) is 48.5 Å². The second kappa shape index (κ2) is 11.9. The number of benzene rings is 2. The van der Waals surface area contributed by atoms with Crippen molar-refractivity contribution in [2.24, 2.45) is 0 Å². The van der Waals surface area contributed by atoms with Crippen molar-refractivity contribution in [1.82, 2.24) is 20.4 Å². The quantitative estimate of drug-likeness (QED) is 0.462. The number of carbonyl (C=O) groups excluding carboxylic acids is 2. The highest BCUT2D eigenvalue weighted by atomic mass is 32.1. The van der Waals surface area contributed by atoms with Gasteiger partial charge < -0.3 is 15.4 Å². The Bertz CT molecular complexity index is 1150. The van der Waals surface area contributed by atoms with Crippen molar-refractivity contribution in [3.05, 3.63) is 69.7 Å². The third kappa shape index (κ3) is 6.86. The lowest BCUT2D eigenvalue weighted by Gasteiger charge is -2.33. The van der Waals surface area contributed by atoms with Crippen LogP contribution in [0.25, 0.3) is 0 Å². The van der Waals surface area contributed by atoms with Crippen LogP contribution in [0, 0.1) is 6.92 Å². The van der Waals surface area contributed by atoms with Gasteiger partial charge >= 0.3 is 0 Å². The van der Waals surface area contributed by atoms with Crippen molar-refractivity contribution in [1.29, 1.82) is 0 Å². The molecular formula is C26H31N5O3S. The van der Waals surface area contributed by atoms with Crippen LogP contribution in [-0.2, 0) is 6.61 Å². The van der Waals surface area contributed by atoms with Gasteiger partial charge in [0.1, 0.15) is 12.4 Å². The monoisotopic (exact) mass is 493 g/mol. The molecule has 184 valence electrons. The summed E-state index contributed by atoms with van der Waals surface area (Å²) in [5.74, 6) is 0.311. The Kier molecular flexibility index (Phi) is 8.44. The molecule has 1 aromatic heterocycles. The van der Waals surface area contributed by atoms with E-state index in [2.05, 4.69) is 32.7 Å². The number of para-hydroxylation sites is 1. The molecule has 2 heterocycles. The second-order valence-corrected chi connectivity index (χ2v) is 9.79. The fourth-order valence-corrected chi connectivity index (χ4v) is 4.70. The minimum atomic E-state index is -0.350. The van der Waals surface area contributed by atoms with Gasteiger partial charge in [0, 0.05) is 30.4 Å². The van der Waals surface area contributed by atoms with Gasteiger partial charge in [-0.15, -0.1) is 10.2 Å². The Hall–Kier alpha value is -3.30. The van der Waals surface area contributed by atoms with E-state index in [4.69, 9.17) is 4.74 Å². The summed E-state index contributed by atoms with van der Waals surface area (Å²) < 4.78 is 5.77. The summed E-state index contributed by atoms with van der Waals surface area (Å²) in [5.41, 5.74) is 2.17. The van der Waals surface area contributed by atoms with Crippen LogP contribution in [0.5, 0.6) is 5.75 Å². The third-order valence-electron chi connectivity index (χ3n) is 6.14. The third-order valence-corrected chi connectivity index (χ3v) is 7.03. The number of nitrogens with zero attached hydrogens (tertiary/aromatic N) is 3. The first-order valence-electron chi connectivity index (χ1n) is 11.9. The maximum absolute atomic E-state index is 12.6. The van der Waals surface area contributed by atoms with Crippen LogP contribution >= 0.6 is 11.3 Å². The van der Waals surface area contributed by atoms with Gasteiger partial charge in [-0.2, -0.15) is 0 Å². The molecule has 3 aromatic rings. The molecule has 9 heteroatoms. The first-order chi connectivity index (χ1) is 17.0. The Labute approximate surface area is 209 Å². The topological polar surface area (TPSA) is 96.5 Å². The Morgan fingerprint density at radius 1 is 1.09 bits per heavy atom. The number of piperidine rings is 1. The molecule has 1 saturated heterocycles. The summed E-state index contributed by atoms with van der Waals surface area (Å²) in [6.07, 6.45) is 3.74. The zero-order chi connectivity index (χ0) is 24.6. The van der Waals surface area contributed by atoms with Crippen LogP contribution in [-0.4, -0.2) is 52.6 Å². The first-order valence-corrected chi connectivity index (χ1v) is 12.8. The van der Waals surface area contributed by atoms with Crippen LogP contribution < -0.4 is 15.4 Å². The van der Waals surface area contributed by atoms with Crippen LogP contribution in [0.2, 0.25) is 0 Å². The Morgan fingerprint density at radius 2 is 1.89 bits per heavy atom. The predicted molar refractivity (Wildman–Crippen MR) is 137 cm³/mol. The summed E-state index contributed by atoms with van der Waals surface area (Å²) in [5, 5.41) is 14.7. The van der Waals surface area contributed by atoms with Crippen molar-refractivity contribution in [2.45, 2.75) is 45.8 Å². The number of aromatic nitrogens is 2. The van der Waals surface area contributed by atoms with E-state index in [9.17, 15) is 9.59 Å². The Balaban J connectivity index is 1.24. The maximum atomic E-state index is 12.6. The standard InChI is InChI=1S/C26H31N5O3S/c1-18-7-3-4-9-22(18)34-17-23-29-30-26(35-23)25(33)28-21-12-10-20(11-13-21)24(32)27-14-16-31-15-6-5-8-19(31)2/h3-4,7,9-13,19H,5-6,8,14-17H2,1-2H3,(H,27,32)(H,28,33). The zero-order valence-electron chi connectivity index (χ0n) is 20.1. The molecular weight excluding hydrogens is 462 g/mol. The van der Waals surface area contributed by atoms with Crippen molar-refractivity contribution in [2.75, 3.05) is 25.0 Å². The fourth-order valence-electron chi connectivity index (χ4n) is 4.06. The summed E-state index contributed by atoms with van der Waals surface area (Å²) in [7, 11) is 0. The molecule has 2 amide bonds. The minimum absolute atomic E-state index is 0.116. The summed E-state index contributed by atoms with van der Waals surface area (Å²) in [6.45, 7) is 7.04. The van der Waals surface area contributed by atoms with E-state index >= 15 is 0 Å². The smallest absolute Gasteiger partial charge is 0.286 e. The van der Waals surface area contributed by atoms with Gasteiger partial charge in [-0.1, -0.05) is 36.0 Å². The molecule has 1 atom stereocenters. The molecule has 1 aliphatic rings. The molecule has 4 rings (SSSR count). The number of rotatable bonds is 9. The number of amides is 2. The SMILES string of the molecule is Cc1ccccc1OCc1nnc(C(=O)Nc2ccc(C(=O)NCCN3CCCCC3C)cc2)s1. The molecule has 1 unspecified atom stereocenters. The fraction of sp³-hybridized carbons (Fsp3) is 0.385. The second-order valence-electron chi connectivity index (χ2n) is 8.72. The molecule has 8 nitrogen and oxygen atoms in total. The molecule has 35 heavy (non-hydrogen) atoms. The van der Waals surface area contributed by atoms with E-state index in [-0.39, 0.29) is 23.4 Å². The highest BCUT2D eigenvalue weighted by Gasteiger charge is 2.18. The number of carbonyl (C=O) groups is 2. The predicted octanol–water partition coefficient (Wildman–Crippen LogP) is 4.28. The number of hydrogen-bond donors (Lipinski definition) is 2. The zero-order valence-corrected chi connectivity index (χ0v) is 20.9. The van der Waals surface area contributed by atoms with Crippen LogP contribution in [0.1, 0.15) is 56.9 Å². The lowest BCUT2D eigenvalue weighted by atomic mass is 10.0. The number of ether oxygens (including phenoxy) is 1. The van der Waals surface area contributed by atoms with Gasteiger partial charge in [0.25, 0.3) is 11.8 Å². The highest BCUT2D eigenvalue weighted by Crippen LogP contribution is 2.20. The lowest BCUT2D eigenvalue weighted by molar-refractivity contribution is 0.0938. The molecule has 1 fully saturated rings. The van der Waals surface area contributed by atoms with Crippen LogP contribution in [0.4, 0.5) is 5.69 Å². The Morgan fingerprint density at radius 3 is 2.66 bits per heavy atom. The highest BCUT2D eigenvalue weighted by molar-refractivity contribution is 7.13. The maximum Gasteiger partial charge on any atom is 0.286 e. The van der Waals surface area contributed by atoms with Gasteiger partial charge in [-0.25, -0.2) is 0 Å². The van der Waals surface area contributed by atoms with Gasteiger partial charge in [-0.3, -0.25) is 14.5 Å². The lowest BCUT2D eigenvalue weighted by Crippen LogP contribution is -2.42. The van der Waals surface area contributed by atoms with E-state index in [1.54, 1.807) is 24.3 Å². The van der Waals surface area contributed by atoms with E-state index in [0.29, 0.717) is 28.8 Å². The molecule has 1 aliphatic heterocycles. The molecule has 0 saturated carbocycles. The van der Waals surface area contributed by atoms with Gasteiger partial charge in [-0.05, 0) is 69.1 Å². The average molecular weight is 494 g/mol. The van der Waals surface area contributed by atoms with Gasteiger partial charge in [0.05, 0.1) is 0 Å². The molecule has 0 aliphatic carbocycles. The largest absolute Gasteiger partial charge is 0.486 e. The summed E-state index contributed by atoms with van der Waals surface area (Å²) in [4.78, 5) is 27.5. The molecule has 0 bridgehead atoms. The van der Waals surface area contributed by atoms with Crippen molar-refractivity contribution in [3.63, 3.8) is 0 Å². The molecule has 0 spiro atoms. The van der Waals surface area contributed by atoms with Crippen LogP contribution in [0.3, 0.4) is 0 Å². The molecule has 2 aromatic carbocycles. The molecule has 0 radical (unpaired) electrons. The summed E-state index contributed by atoms with van der Waals surface area (Å²) >= 11 is 1.19. The van der Waals surface area contributed by atoms with Crippen molar-refractivity contribution in [3.8, 4) is 5.75 Å². The normalized spacial score (nSPS) is 16.0. The van der Waals surface area contributed by atoms with E-state index in [0.717, 1.165) is 24.4 Å². The van der Waals surface area contributed by atoms with Gasteiger partial charge in [0.2, 0.25) is 5.01 Å². The average Bonchev–Trinajstić information content (AvgIpc) is 3.34. The van der Waals surface area contributed by atoms with E-state index in [1.807, 2.05) is 31.2 Å². The van der Waals surface area contributed by atoms with Gasteiger partial charge in [0.15, 0.2) is 5.01 Å². The minimum Gasteiger partial charge on any atom is -0.486 e. The number of nitrogens with one attached hydrogen (secondary N) is 2. The van der Waals surface area contributed by atoms with E-state index in [1.165, 1.54) is 30.6 Å². The number of hydrogen-bond acceptors (Lipinski definition) is 7. The van der Waals surface area contributed by atoms with Crippen molar-refractivity contribution < 1.29 is 14.3 Å². The number of anilines is 1. The number of aryl methyl sites for hydroxylation is 1. The summed E-state index contributed by atoms with van der Waals surface area (Å²) in [6, 6.07) is 15.1. The van der Waals surface area contributed by atoms with Crippen molar-refractivity contribution >= 4 is 28.8 Å². The first kappa shape index (κ1) is 24.8. The van der Waals surface area contributed by atoms with E-state index < -0.39 is 0 Å². The number of likely N-dealkylation sites (tertiary alicyclic amines) is 1. The molecule has 2 N–H and O–H groups in total.